The Hall–Kier alpha value is -2.24. The van der Waals surface area contributed by atoms with E-state index in [1.807, 2.05) is 62.4 Å². The third kappa shape index (κ3) is 5.62. The Labute approximate surface area is 168 Å². The summed E-state index contributed by atoms with van der Waals surface area (Å²) < 4.78 is 5.55. The first-order valence-electron chi connectivity index (χ1n) is 8.72. The summed E-state index contributed by atoms with van der Waals surface area (Å²) in [6.45, 7) is 4.45. The lowest BCUT2D eigenvalue weighted by molar-refractivity contribution is -0.120. The second-order valence-electron chi connectivity index (χ2n) is 6.27. The predicted octanol–water partition coefficient (Wildman–Crippen LogP) is 5.14. The van der Waals surface area contributed by atoms with Crippen LogP contribution in [0.15, 0.2) is 64.1 Å². The number of thioether (sulfide) groups is 1. The summed E-state index contributed by atoms with van der Waals surface area (Å²) in [6, 6.07) is 15.5. The average Bonchev–Trinajstić information content (AvgIpc) is 3.13. The lowest BCUT2D eigenvalue weighted by atomic mass is 10.1. The highest BCUT2D eigenvalue weighted by atomic mass is 35.5. The quantitative estimate of drug-likeness (QED) is 0.557. The lowest BCUT2D eigenvalue weighted by Gasteiger charge is -2.11. The van der Waals surface area contributed by atoms with Crippen LogP contribution in [0.25, 0.3) is 11.5 Å². The normalized spacial score (nSPS) is 12.0. The van der Waals surface area contributed by atoms with Crippen molar-refractivity contribution < 1.29 is 9.21 Å². The largest absolute Gasteiger partial charge is 0.444 e. The number of carbonyl (C=O) groups excluding carboxylic acids is 1. The van der Waals surface area contributed by atoms with Crippen molar-refractivity contribution >= 4 is 29.3 Å². The van der Waals surface area contributed by atoms with Crippen molar-refractivity contribution in [2.24, 2.45) is 0 Å². The van der Waals surface area contributed by atoms with Gasteiger partial charge >= 0.3 is 0 Å². The average molecular weight is 401 g/mol. The number of benzene rings is 2. The van der Waals surface area contributed by atoms with Gasteiger partial charge in [-0.25, -0.2) is 4.98 Å². The molecular formula is C21H21ClN2O2S. The van der Waals surface area contributed by atoms with Crippen LogP contribution < -0.4 is 5.32 Å². The summed E-state index contributed by atoms with van der Waals surface area (Å²) in [5.74, 6) is 0.597. The Morgan fingerprint density at radius 3 is 2.59 bits per heavy atom. The zero-order valence-corrected chi connectivity index (χ0v) is 16.8. The van der Waals surface area contributed by atoms with Crippen LogP contribution in [0.2, 0.25) is 5.02 Å². The topological polar surface area (TPSA) is 55.1 Å². The summed E-state index contributed by atoms with van der Waals surface area (Å²) in [5.41, 5.74) is 2.96. The molecule has 1 amide bonds. The van der Waals surface area contributed by atoms with Crippen molar-refractivity contribution in [3.05, 3.63) is 71.1 Å². The van der Waals surface area contributed by atoms with E-state index in [0.717, 1.165) is 16.2 Å². The van der Waals surface area contributed by atoms with Gasteiger partial charge in [-0.05, 0) is 50.2 Å². The van der Waals surface area contributed by atoms with Crippen LogP contribution in [0.4, 0.5) is 0 Å². The molecule has 3 aromatic rings. The molecule has 1 unspecified atom stereocenters. The van der Waals surface area contributed by atoms with Crippen LogP contribution in [0.1, 0.15) is 18.2 Å². The molecule has 1 atom stereocenters. The second kappa shape index (κ2) is 9.11. The van der Waals surface area contributed by atoms with Gasteiger partial charge in [-0.1, -0.05) is 29.3 Å². The smallest absolute Gasteiger partial charge is 0.233 e. The van der Waals surface area contributed by atoms with Crippen molar-refractivity contribution in [2.45, 2.75) is 30.4 Å². The summed E-state index contributed by atoms with van der Waals surface area (Å²) in [5, 5.41) is 3.45. The maximum Gasteiger partial charge on any atom is 0.233 e. The highest BCUT2D eigenvalue weighted by Crippen LogP contribution is 2.24. The summed E-state index contributed by atoms with van der Waals surface area (Å²) >= 11 is 7.39. The predicted molar refractivity (Wildman–Crippen MR) is 110 cm³/mol. The molecule has 0 aliphatic carbocycles. The molecule has 0 spiro atoms. The summed E-state index contributed by atoms with van der Waals surface area (Å²) in [7, 11) is 0. The van der Waals surface area contributed by atoms with Crippen LogP contribution in [0.5, 0.6) is 0 Å². The fourth-order valence-electron chi connectivity index (χ4n) is 2.48. The lowest BCUT2D eigenvalue weighted by Crippen LogP contribution is -2.32. The van der Waals surface area contributed by atoms with Gasteiger partial charge in [-0.3, -0.25) is 4.79 Å². The van der Waals surface area contributed by atoms with Gasteiger partial charge in [0.25, 0.3) is 0 Å². The van der Waals surface area contributed by atoms with Crippen LogP contribution >= 0.6 is 23.4 Å². The van der Waals surface area contributed by atoms with Crippen LogP contribution in [0.3, 0.4) is 0 Å². The van der Waals surface area contributed by atoms with Gasteiger partial charge in [0.15, 0.2) is 0 Å². The Morgan fingerprint density at radius 1 is 1.19 bits per heavy atom. The van der Waals surface area contributed by atoms with Gasteiger partial charge in [0, 0.05) is 28.4 Å². The molecule has 1 aromatic heterocycles. The van der Waals surface area contributed by atoms with E-state index < -0.39 is 0 Å². The third-order valence-corrected chi connectivity index (χ3v) is 5.39. The minimum atomic E-state index is -0.188. The second-order valence-corrected chi connectivity index (χ2v) is 8.12. The fourth-order valence-corrected chi connectivity index (χ4v) is 3.50. The molecule has 1 N–H and O–H groups in total. The first kappa shape index (κ1) is 19.5. The van der Waals surface area contributed by atoms with E-state index in [1.165, 1.54) is 17.3 Å². The molecule has 140 valence electrons. The summed E-state index contributed by atoms with van der Waals surface area (Å²) in [4.78, 5) is 17.8. The van der Waals surface area contributed by atoms with E-state index in [4.69, 9.17) is 16.0 Å². The highest BCUT2D eigenvalue weighted by Gasteiger charge is 2.14. The monoisotopic (exact) mass is 400 g/mol. The first-order chi connectivity index (χ1) is 13.0. The maximum atomic E-state index is 12.3. The van der Waals surface area contributed by atoms with E-state index in [9.17, 15) is 4.79 Å². The van der Waals surface area contributed by atoms with Gasteiger partial charge in [0.05, 0.1) is 10.9 Å². The van der Waals surface area contributed by atoms with Gasteiger partial charge in [0.1, 0.15) is 6.26 Å². The van der Waals surface area contributed by atoms with Gasteiger partial charge in [0.2, 0.25) is 11.8 Å². The molecule has 6 heteroatoms. The molecule has 3 rings (SSSR count). The van der Waals surface area contributed by atoms with E-state index in [0.29, 0.717) is 23.9 Å². The number of hydrogen-bond acceptors (Lipinski definition) is 4. The molecule has 0 saturated carbocycles. The molecule has 0 aliphatic heterocycles. The Balaban J connectivity index is 1.47. The molecular weight excluding hydrogens is 380 g/mol. The number of nitrogens with zero attached hydrogens (tertiary/aromatic N) is 1. The van der Waals surface area contributed by atoms with Gasteiger partial charge in [-0.2, -0.15) is 0 Å². The number of oxazole rings is 1. The highest BCUT2D eigenvalue weighted by molar-refractivity contribution is 8.00. The van der Waals surface area contributed by atoms with Gasteiger partial charge in [-0.15, -0.1) is 11.8 Å². The van der Waals surface area contributed by atoms with E-state index in [2.05, 4.69) is 10.3 Å². The molecule has 1 heterocycles. The van der Waals surface area contributed by atoms with Crippen LogP contribution in [-0.4, -0.2) is 22.7 Å². The number of halogens is 1. The van der Waals surface area contributed by atoms with Gasteiger partial charge < -0.3 is 9.73 Å². The zero-order chi connectivity index (χ0) is 19.2. The molecule has 0 fully saturated rings. The number of amides is 1. The number of aryl methyl sites for hydroxylation is 1. The third-order valence-electron chi connectivity index (χ3n) is 4.03. The number of hydrogen-bond donors (Lipinski definition) is 1. The SMILES string of the molecule is Cc1ccc(-c2nc(CCNC(=O)C(C)Sc3ccc(Cl)cc3)co2)cc1. The minimum absolute atomic E-state index is 0.00259. The Bertz CT molecular complexity index is 891. The molecule has 2 aromatic carbocycles. The first-order valence-corrected chi connectivity index (χ1v) is 9.98. The number of aromatic nitrogens is 1. The standard InChI is InChI=1S/C21H21ClN2O2S/c1-14-3-5-16(6-4-14)21-24-18(13-26-21)11-12-23-20(25)15(2)27-19-9-7-17(22)8-10-19/h3-10,13,15H,11-12H2,1-2H3,(H,23,25). The fraction of sp³-hybridized carbons (Fsp3) is 0.238. The molecule has 0 radical (unpaired) electrons. The van der Waals surface area contributed by atoms with E-state index in [-0.39, 0.29) is 11.2 Å². The van der Waals surface area contributed by atoms with Crippen molar-refractivity contribution in [3.8, 4) is 11.5 Å². The van der Waals surface area contributed by atoms with Crippen molar-refractivity contribution in [1.29, 1.82) is 0 Å². The number of rotatable bonds is 7. The molecule has 0 saturated heterocycles. The number of carbonyl (C=O) groups is 1. The van der Waals surface area contributed by atoms with E-state index >= 15 is 0 Å². The molecule has 0 bridgehead atoms. The summed E-state index contributed by atoms with van der Waals surface area (Å²) in [6.07, 6.45) is 2.27. The zero-order valence-electron chi connectivity index (χ0n) is 15.2. The molecule has 0 aliphatic rings. The van der Waals surface area contributed by atoms with Crippen molar-refractivity contribution in [1.82, 2.24) is 10.3 Å². The Kier molecular flexibility index (Phi) is 6.58. The van der Waals surface area contributed by atoms with Crippen molar-refractivity contribution in [2.75, 3.05) is 6.54 Å². The molecule has 27 heavy (non-hydrogen) atoms. The Morgan fingerprint density at radius 2 is 1.89 bits per heavy atom. The van der Waals surface area contributed by atoms with Crippen LogP contribution in [-0.2, 0) is 11.2 Å². The maximum absolute atomic E-state index is 12.3. The van der Waals surface area contributed by atoms with Crippen molar-refractivity contribution in [3.63, 3.8) is 0 Å². The van der Waals surface area contributed by atoms with E-state index in [1.54, 1.807) is 6.26 Å². The minimum Gasteiger partial charge on any atom is -0.444 e. The van der Waals surface area contributed by atoms with Crippen LogP contribution in [0, 0.1) is 6.92 Å². The number of nitrogens with one attached hydrogen (secondary N) is 1. The molecule has 4 nitrogen and oxygen atoms in total.